The zero-order valence-electron chi connectivity index (χ0n) is 14.0. The number of benzene rings is 2. The van der Waals surface area contributed by atoms with Gasteiger partial charge in [-0.25, -0.2) is 14.3 Å². The minimum atomic E-state index is -0.921. The molecule has 2 aliphatic rings. The highest BCUT2D eigenvalue weighted by Crippen LogP contribution is 2.36. The van der Waals surface area contributed by atoms with Crippen molar-refractivity contribution in [2.75, 3.05) is 9.91 Å². The molecule has 0 bridgehead atoms. The molecule has 132 valence electrons. The number of imide groups is 1. The van der Waals surface area contributed by atoms with Gasteiger partial charge < -0.3 is 0 Å². The van der Waals surface area contributed by atoms with Gasteiger partial charge >= 0.3 is 0 Å². The van der Waals surface area contributed by atoms with Crippen LogP contribution >= 0.6 is 15.9 Å². The molecule has 26 heavy (non-hydrogen) atoms. The summed E-state index contributed by atoms with van der Waals surface area (Å²) in [4.78, 5) is 26.6. The molecule has 2 aliphatic heterocycles. The number of fused-ring (bicyclic) bond motifs is 1. The van der Waals surface area contributed by atoms with E-state index in [0.29, 0.717) is 11.3 Å². The van der Waals surface area contributed by atoms with Crippen molar-refractivity contribution in [3.63, 3.8) is 0 Å². The van der Waals surface area contributed by atoms with Crippen LogP contribution in [-0.2, 0) is 9.59 Å². The molecule has 2 aromatic carbocycles. The third-order valence-corrected chi connectivity index (χ3v) is 5.49. The van der Waals surface area contributed by atoms with Crippen molar-refractivity contribution in [3.8, 4) is 0 Å². The fraction of sp³-hybridized carbons (Fsp3) is 0.222. The quantitative estimate of drug-likeness (QED) is 0.700. The lowest BCUT2D eigenvalue weighted by molar-refractivity contribution is -0.121. The highest BCUT2D eigenvalue weighted by Gasteiger charge is 2.55. The number of hydrogen-bond acceptors (Lipinski definition) is 5. The van der Waals surface area contributed by atoms with Crippen LogP contribution in [0.25, 0.3) is 0 Å². The summed E-state index contributed by atoms with van der Waals surface area (Å²) in [6.45, 7) is 3.54. The highest BCUT2D eigenvalue weighted by atomic mass is 79.9. The Balaban J connectivity index is 1.71. The standard InChI is InChI=1S/C18H14BrFN4O2/c1-9-3-4-11(8-14(9)20)23-17(25)15-16(18(23)26)24(22-21-15)12-5-6-13(19)10(2)7-12/h3-8,15-16H,1-2H3/t15-,16-/m0/s1. The van der Waals surface area contributed by atoms with E-state index in [1.807, 2.05) is 19.1 Å². The predicted octanol–water partition coefficient (Wildman–Crippen LogP) is 3.70. The van der Waals surface area contributed by atoms with E-state index in [9.17, 15) is 14.0 Å². The number of nitrogens with zero attached hydrogens (tertiary/aromatic N) is 4. The van der Waals surface area contributed by atoms with Crippen LogP contribution in [0.15, 0.2) is 51.2 Å². The predicted molar refractivity (Wildman–Crippen MR) is 97.4 cm³/mol. The second-order valence-electron chi connectivity index (χ2n) is 6.32. The lowest BCUT2D eigenvalue weighted by atomic mass is 10.1. The summed E-state index contributed by atoms with van der Waals surface area (Å²) in [6.07, 6.45) is 0. The highest BCUT2D eigenvalue weighted by molar-refractivity contribution is 9.10. The van der Waals surface area contributed by atoms with Crippen molar-refractivity contribution >= 4 is 39.1 Å². The molecule has 8 heteroatoms. The van der Waals surface area contributed by atoms with Gasteiger partial charge in [-0.05, 0) is 55.3 Å². The number of anilines is 2. The first-order valence-electron chi connectivity index (χ1n) is 7.98. The molecule has 0 aliphatic carbocycles. The number of amides is 2. The maximum absolute atomic E-state index is 13.9. The van der Waals surface area contributed by atoms with Gasteiger partial charge in [0, 0.05) is 4.47 Å². The third kappa shape index (κ3) is 2.44. The SMILES string of the molecule is Cc1ccc(N2C(=O)[C@H]3N=NN(c4ccc(Br)c(C)c4)[C@@H]3C2=O)cc1F. The number of rotatable bonds is 2. The molecule has 2 aromatic rings. The Morgan fingerprint density at radius 2 is 1.73 bits per heavy atom. The lowest BCUT2D eigenvalue weighted by Crippen LogP contribution is -2.40. The maximum atomic E-state index is 13.9. The smallest absolute Gasteiger partial charge is 0.263 e. The van der Waals surface area contributed by atoms with Gasteiger partial charge in [-0.3, -0.25) is 9.59 Å². The van der Waals surface area contributed by atoms with Gasteiger partial charge in [0.2, 0.25) is 0 Å². The molecule has 2 atom stereocenters. The number of carbonyl (C=O) groups excluding carboxylic acids is 2. The van der Waals surface area contributed by atoms with E-state index in [-0.39, 0.29) is 5.69 Å². The van der Waals surface area contributed by atoms with Gasteiger partial charge in [-0.15, -0.1) is 0 Å². The summed E-state index contributed by atoms with van der Waals surface area (Å²) in [5.74, 6) is -1.43. The van der Waals surface area contributed by atoms with E-state index in [4.69, 9.17) is 0 Å². The average Bonchev–Trinajstić information content (AvgIpc) is 3.14. The molecule has 0 aromatic heterocycles. The zero-order valence-corrected chi connectivity index (χ0v) is 15.6. The van der Waals surface area contributed by atoms with E-state index in [0.717, 1.165) is 14.9 Å². The second kappa shape index (κ2) is 5.98. The molecular formula is C18H14BrFN4O2. The summed E-state index contributed by atoms with van der Waals surface area (Å²) >= 11 is 3.43. The van der Waals surface area contributed by atoms with Crippen molar-refractivity contribution in [2.45, 2.75) is 25.9 Å². The Bertz CT molecular complexity index is 978. The van der Waals surface area contributed by atoms with Crippen LogP contribution in [0.4, 0.5) is 15.8 Å². The summed E-state index contributed by atoms with van der Waals surface area (Å²) in [6, 6.07) is 8.02. The summed E-state index contributed by atoms with van der Waals surface area (Å²) in [5.41, 5.74) is 2.29. The van der Waals surface area contributed by atoms with E-state index in [1.54, 1.807) is 19.1 Å². The topological polar surface area (TPSA) is 65.3 Å². The average molecular weight is 417 g/mol. The maximum Gasteiger partial charge on any atom is 0.263 e. The van der Waals surface area contributed by atoms with Gasteiger partial charge in [-0.2, -0.15) is 5.11 Å². The molecule has 0 unspecified atom stereocenters. The molecule has 0 saturated carbocycles. The van der Waals surface area contributed by atoms with Crippen molar-refractivity contribution < 1.29 is 14.0 Å². The molecule has 0 radical (unpaired) electrons. The molecule has 4 rings (SSSR count). The van der Waals surface area contributed by atoms with Crippen molar-refractivity contribution in [1.29, 1.82) is 0 Å². The van der Waals surface area contributed by atoms with E-state index in [2.05, 4.69) is 26.3 Å². The van der Waals surface area contributed by atoms with E-state index in [1.165, 1.54) is 17.1 Å². The van der Waals surface area contributed by atoms with Crippen LogP contribution in [0.3, 0.4) is 0 Å². The zero-order chi connectivity index (χ0) is 18.6. The van der Waals surface area contributed by atoms with Crippen LogP contribution in [0.1, 0.15) is 11.1 Å². The first kappa shape index (κ1) is 16.8. The third-order valence-electron chi connectivity index (χ3n) is 4.60. The first-order valence-corrected chi connectivity index (χ1v) is 8.78. The minimum Gasteiger partial charge on any atom is -0.271 e. The van der Waals surface area contributed by atoms with Crippen molar-refractivity contribution in [1.82, 2.24) is 0 Å². The Morgan fingerprint density at radius 1 is 1.00 bits per heavy atom. The number of aryl methyl sites for hydroxylation is 2. The fourth-order valence-corrected chi connectivity index (χ4v) is 3.37. The van der Waals surface area contributed by atoms with Crippen LogP contribution in [0.5, 0.6) is 0 Å². The minimum absolute atomic E-state index is 0.208. The van der Waals surface area contributed by atoms with Crippen LogP contribution in [-0.4, -0.2) is 23.9 Å². The Morgan fingerprint density at radius 3 is 2.42 bits per heavy atom. The van der Waals surface area contributed by atoms with E-state index < -0.39 is 29.7 Å². The van der Waals surface area contributed by atoms with Gasteiger partial charge in [0.1, 0.15) is 5.82 Å². The molecule has 0 N–H and O–H groups in total. The number of carbonyl (C=O) groups is 2. The van der Waals surface area contributed by atoms with Crippen LogP contribution in [0, 0.1) is 19.7 Å². The van der Waals surface area contributed by atoms with Crippen LogP contribution in [0.2, 0.25) is 0 Å². The van der Waals surface area contributed by atoms with E-state index >= 15 is 0 Å². The molecular weight excluding hydrogens is 403 g/mol. The lowest BCUT2D eigenvalue weighted by Gasteiger charge is -2.21. The summed E-state index contributed by atoms with van der Waals surface area (Å²) < 4.78 is 14.8. The normalized spacial score (nSPS) is 21.7. The van der Waals surface area contributed by atoms with Gasteiger partial charge in [-0.1, -0.05) is 27.2 Å². The molecule has 1 fully saturated rings. The Kier molecular flexibility index (Phi) is 3.87. The first-order chi connectivity index (χ1) is 12.4. The van der Waals surface area contributed by atoms with Crippen molar-refractivity contribution in [3.05, 3.63) is 57.8 Å². The fourth-order valence-electron chi connectivity index (χ4n) is 3.12. The molecule has 0 spiro atoms. The Hall–Kier alpha value is -2.61. The molecule has 6 nitrogen and oxygen atoms in total. The molecule has 1 saturated heterocycles. The number of halogens is 2. The number of hydrogen-bond donors (Lipinski definition) is 0. The van der Waals surface area contributed by atoms with Crippen molar-refractivity contribution in [2.24, 2.45) is 10.3 Å². The van der Waals surface area contributed by atoms with Gasteiger partial charge in [0.25, 0.3) is 11.8 Å². The summed E-state index contributed by atoms with van der Waals surface area (Å²) in [7, 11) is 0. The second-order valence-corrected chi connectivity index (χ2v) is 7.17. The molecule has 2 heterocycles. The Labute approximate surface area is 157 Å². The van der Waals surface area contributed by atoms with Gasteiger partial charge in [0.05, 0.1) is 11.4 Å². The monoisotopic (exact) mass is 416 g/mol. The summed E-state index contributed by atoms with van der Waals surface area (Å²) in [5, 5.41) is 9.46. The molecule has 2 amide bonds. The van der Waals surface area contributed by atoms with Crippen LogP contribution < -0.4 is 9.91 Å². The largest absolute Gasteiger partial charge is 0.271 e. The van der Waals surface area contributed by atoms with Gasteiger partial charge in [0.15, 0.2) is 12.1 Å².